The molecule has 0 aromatic heterocycles. The summed E-state index contributed by atoms with van der Waals surface area (Å²) >= 11 is 0. The molecule has 0 aromatic carbocycles. The molecule has 0 aliphatic carbocycles. The zero-order valence-electron chi connectivity index (χ0n) is 12.0. The van der Waals surface area contributed by atoms with Gasteiger partial charge in [-0.15, -0.1) is 0 Å². The van der Waals surface area contributed by atoms with Crippen molar-refractivity contribution in [2.24, 2.45) is 17.6 Å². The summed E-state index contributed by atoms with van der Waals surface area (Å²) in [5.74, 6) is 0.954. The van der Waals surface area contributed by atoms with E-state index in [0.29, 0.717) is 18.4 Å². The molecule has 1 unspecified atom stereocenters. The van der Waals surface area contributed by atoms with Crippen LogP contribution < -0.4 is 5.73 Å². The van der Waals surface area contributed by atoms with Crippen LogP contribution in [0.15, 0.2) is 0 Å². The van der Waals surface area contributed by atoms with Crippen LogP contribution in [0.25, 0.3) is 0 Å². The standard InChI is InChI=1S/C15H28N2O2/c16-12-14(11-13-5-9-19-10-6-13)15(18)17-7-3-1-2-4-8-17/h13-14H,1-12,16H2. The summed E-state index contributed by atoms with van der Waals surface area (Å²) in [6.07, 6.45) is 7.96. The van der Waals surface area contributed by atoms with Crippen molar-refractivity contribution in [3.8, 4) is 0 Å². The van der Waals surface area contributed by atoms with Crippen molar-refractivity contribution in [1.29, 1.82) is 0 Å². The second-order valence-electron chi connectivity index (χ2n) is 5.96. The Hall–Kier alpha value is -0.610. The van der Waals surface area contributed by atoms with Gasteiger partial charge in [-0.05, 0) is 38.0 Å². The lowest BCUT2D eigenvalue weighted by molar-refractivity contribution is -0.136. The highest BCUT2D eigenvalue weighted by Crippen LogP contribution is 2.24. The van der Waals surface area contributed by atoms with Crippen LogP contribution in [0, 0.1) is 11.8 Å². The van der Waals surface area contributed by atoms with Crippen LogP contribution in [0.4, 0.5) is 0 Å². The van der Waals surface area contributed by atoms with Gasteiger partial charge < -0.3 is 15.4 Å². The fourth-order valence-corrected chi connectivity index (χ4v) is 3.23. The van der Waals surface area contributed by atoms with Crippen molar-refractivity contribution in [1.82, 2.24) is 4.90 Å². The Labute approximate surface area is 116 Å². The van der Waals surface area contributed by atoms with Crippen molar-refractivity contribution in [3.63, 3.8) is 0 Å². The Kier molecular flexibility index (Phi) is 6.11. The van der Waals surface area contributed by atoms with Crippen molar-refractivity contribution >= 4 is 5.91 Å². The van der Waals surface area contributed by atoms with E-state index in [1.54, 1.807) is 0 Å². The van der Waals surface area contributed by atoms with Gasteiger partial charge in [0.2, 0.25) is 5.91 Å². The molecular formula is C15H28N2O2. The minimum Gasteiger partial charge on any atom is -0.381 e. The van der Waals surface area contributed by atoms with Crippen LogP contribution in [0.3, 0.4) is 0 Å². The minimum absolute atomic E-state index is 0.0289. The van der Waals surface area contributed by atoms with Crippen LogP contribution >= 0.6 is 0 Å². The lowest BCUT2D eigenvalue weighted by atomic mass is 9.88. The van der Waals surface area contributed by atoms with Crippen molar-refractivity contribution in [2.45, 2.75) is 44.9 Å². The highest BCUT2D eigenvalue weighted by atomic mass is 16.5. The number of hydrogen-bond donors (Lipinski definition) is 1. The van der Waals surface area contributed by atoms with E-state index in [1.165, 1.54) is 12.8 Å². The maximum atomic E-state index is 12.6. The van der Waals surface area contributed by atoms with E-state index in [-0.39, 0.29) is 5.92 Å². The Morgan fingerprint density at radius 1 is 1.16 bits per heavy atom. The van der Waals surface area contributed by atoms with Crippen LogP contribution in [-0.4, -0.2) is 43.7 Å². The smallest absolute Gasteiger partial charge is 0.226 e. The van der Waals surface area contributed by atoms with Crippen LogP contribution in [0.2, 0.25) is 0 Å². The van der Waals surface area contributed by atoms with Gasteiger partial charge in [0.15, 0.2) is 0 Å². The number of nitrogens with two attached hydrogens (primary N) is 1. The normalized spacial score (nSPS) is 23.9. The summed E-state index contributed by atoms with van der Waals surface area (Å²) in [4.78, 5) is 14.6. The summed E-state index contributed by atoms with van der Waals surface area (Å²) in [5.41, 5.74) is 5.86. The highest BCUT2D eigenvalue weighted by molar-refractivity contribution is 5.79. The average Bonchev–Trinajstić information content (AvgIpc) is 2.74. The molecule has 2 fully saturated rings. The second-order valence-corrected chi connectivity index (χ2v) is 5.96. The first-order valence-electron chi connectivity index (χ1n) is 7.88. The third-order valence-corrected chi connectivity index (χ3v) is 4.51. The van der Waals surface area contributed by atoms with Gasteiger partial charge in [-0.3, -0.25) is 4.79 Å². The predicted octanol–water partition coefficient (Wildman–Crippen LogP) is 1.78. The molecule has 2 aliphatic rings. The lowest BCUT2D eigenvalue weighted by Crippen LogP contribution is -2.40. The maximum Gasteiger partial charge on any atom is 0.226 e. The number of nitrogens with zero attached hydrogens (tertiary/aromatic N) is 1. The van der Waals surface area contributed by atoms with Crippen molar-refractivity contribution in [3.05, 3.63) is 0 Å². The molecule has 0 spiro atoms. The fourth-order valence-electron chi connectivity index (χ4n) is 3.23. The Balaban J connectivity index is 1.85. The topological polar surface area (TPSA) is 55.6 Å². The SMILES string of the molecule is NCC(CC1CCOCC1)C(=O)N1CCCCCC1. The van der Waals surface area contributed by atoms with Crippen molar-refractivity contribution in [2.75, 3.05) is 32.8 Å². The Morgan fingerprint density at radius 3 is 2.37 bits per heavy atom. The van der Waals surface area contributed by atoms with E-state index in [0.717, 1.165) is 58.4 Å². The van der Waals surface area contributed by atoms with Gasteiger partial charge in [0.1, 0.15) is 0 Å². The van der Waals surface area contributed by atoms with E-state index in [9.17, 15) is 4.79 Å². The van der Waals surface area contributed by atoms with E-state index < -0.39 is 0 Å². The zero-order valence-corrected chi connectivity index (χ0v) is 12.0. The largest absolute Gasteiger partial charge is 0.381 e. The molecule has 0 radical (unpaired) electrons. The molecule has 2 heterocycles. The first-order valence-corrected chi connectivity index (χ1v) is 7.88. The van der Waals surface area contributed by atoms with Crippen LogP contribution in [-0.2, 0) is 9.53 Å². The molecule has 2 aliphatic heterocycles. The Morgan fingerprint density at radius 2 is 1.79 bits per heavy atom. The number of carbonyl (C=O) groups is 1. The molecule has 2 saturated heterocycles. The third kappa shape index (κ3) is 4.46. The molecule has 4 heteroatoms. The number of amides is 1. The summed E-state index contributed by atoms with van der Waals surface area (Å²) < 4.78 is 5.38. The van der Waals surface area contributed by atoms with Gasteiger partial charge in [-0.2, -0.15) is 0 Å². The molecule has 2 N–H and O–H groups in total. The number of carbonyl (C=O) groups excluding carboxylic acids is 1. The van der Waals surface area contributed by atoms with Crippen LogP contribution in [0.1, 0.15) is 44.9 Å². The number of rotatable bonds is 4. The monoisotopic (exact) mass is 268 g/mol. The summed E-state index contributed by atoms with van der Waals surface area (Å²) in [6.45, 7) is 4.05. The summed E-state index contributed by atoms with van der Waals surface area (Å²) in [5, 5.41) is 0. The van der Waals surface area contributed by atoms with E-state index in [1.807, 2.05) is 0 Å². The first-order chi connectivity index (χ1) is 9.31. The fraction of sp³-hybridized carbons (Fsp3) is 0.933. The molecule has 1 amide bonds. The molecule has 0 bridgehead atoms. The van der Waals surface area contributed by atoms with Crippen molar-refractivity contribution < 1.29 is 9.53 Å². The molecule has 4 nitrogen and oxygen atoms in total. The van der Waals surface area contributed by atoms with Gasteiger partial charge in [-0.25, -0.2) is 0 Å². The third-order valence-electron chi connectivity index (χ3n) is 4.51. The van der Waals surface area contributed by atoms with Gasteiger partial charge >= 0.3 is 0 Å². The van der Waals surface area contributed by atoms with Gasteiger partial charge in [0.25, 0.3) is 0 Å². The number of hydrogen-bond acceptors (Lipinski definition) is 3. The highest BCUT2D eigenvalue weighted by Gasteiger charge is 2.27. The maximum absolute atomic E-state index is 12.6. The van der Waals surface area contributed by atoms with E-state index >= 15 is 0 Å². The summed E-state index contributed by atoms with van der Waals surface area (Å²) in [7, 11) is 0. The molecule has 2 rings (SSSR count). The second kappa shape index (κ2) is 7.85. The molecular weight excluding hydrogens is 240 g/mol. The average molecular weight is 268 g/mol. The van der Waals surface area contributed by atoms with E-state index in [4.69, 9.17) is 10.5 Å². The first kappa shape index (κ1) is 14.8. The lowest BCUT2D eigenvalue weighted by Gasteiger charge is -2.29. The van der Waals surface area contributed by atoms with E-state index in [2.05, 4.69) is 4.90 Å². The van der Waals surface area contributed by atoms with Gasteiger partial charge in [0.05, 0.1) is 5.92 Å². The number of ether oxygens (including phenoxy) is 1. The predicted molar refractivity (Wildman–Crippen MR) is 75.8 cm³/mol. The number of likely N-dealkylation sites (tertiary alicyclic amines) is 1. The molecule has 19 heavy (non-hydrogen) atoms. The minimum atomic E-state index is 0.0289. The zero-order chi connectivity index (χ0) is 13.5. The van der Waals surface area contributed by atoms with Gasteiger partial charge in [0, 0.05) is 32.8 Å². The molecule has 0 aromatic rings. The van der Waals surface area contributed by atoms with Crippen LogP contribution in [0.5, 0.6) is 0 Å². The summed E-state index contributed by atoms with van der Waals surface area (Å²) in [6, 6.07) is 0. The molecule has 1 atom stereocenters. The quantitative estimate of drug-likeness (QED) is 0.845. The molecule has 0 saturated carbocycles. The Bertz CT molecular complexity index is 269. The molecule has 110 valence electrons. The van der Waals surface area contributed by atoms with Gasteiger partial charge in [-0.1, -0.05) is 12.8 Å².